The summed E-state index contributed by atoms with van der Waals surface area (Å²) < 4.78 is 0. The van der Waals surface area contributed by atoms with E-state index in [9.17, 15) is 0 Å². The smallest absolute Gasteiger partial charge is 0.0972 e. The van der Waals surface area contributed by atoms with Gasteiger partial charge in [0.25, 0.3) is 0 Å². The molecule has 0 radical (unpaired) electrons. The zero-order valence-electron chi connectivity index (χ0n) is 10.8. The molecule has 0 saturated carbocycles. The second kappa shape index (κ2) is 4.90. The van der Waals surface area contributed by atoms with E-state index in [1.165, 1.54) is 0 Å². The van der Waals surface area contributed by atoms with Crippen molar-refractivity contribution in [1.29, 1.82) is 0 Å². The fraction of sp³-hybridized carbons (Fsp3) is 0.357. The molecule has 0 amide bonds. The van der Waals surface area contributed by atoms with Crippen molar-refractivity contribution in [2.24, 2.45) is 0 Å². The van der Waals surface area contributed by atoms with Crippen LogP contribution in [0.1, 0.15) is 37.0 Å². The number of anilines is 1. The van der Waals surface area contributed by atoms with Crippen LogP contribution in [0.15, 0.2) is 23.6 Å². The molecule has 2 nitrogen and oxygen atoms in total. The quantitative estimate of drug-likeness (QED) is 0.835. The lowest BCUT2D eigenvalue weighted by Crippen LogP contribution is -2.11. The van der Waals surface area contributed by atoms with Crippen molar-refractivity contribution in [2.45, 2.75) is 32.6 Å². The number of rotatable bonds is 2. The molecule has 0 atom stereocenters. The third-order valence-electron chi connectivity index (χ3n) is 2.74. The van der Waals surface area contributed by atoms with Crippen LogP contribution in [0.5, 0.6) is 0 Å². The molecular weight excluding hydrogens is 264 g/mol. The fourth-order valence-electron chi connectivity index (χ4n) is 1.61. The minimum atomic E-state index is 0.105. The highest BCUT2D eigenvalue weighted by molar-refractivity contribution is 7.09. The average molecular weight is 281 g/mol. The molecule has 18 heavy (non-hydrogen) atoms. The number of hydrogen-bond donors (Lipinski definition) is 1. The summed E-state index contributed by atoms with van der Waals surface area (Å²) in [7, 11) is 0. The van der Waals surface area contributed by atoms with E-state index in [0.717, 1.165) is 22.7 Å². The van der Waals surface area contributed by atoms with Gasteiger partial charge < -0.3 is 5.73 Å². The largest absolute Gasteiger partial charge is 0.398 e. The Morgan fingerprint density at radius 1 is 1.33 bits per heavy atom. The Morgan fingerprint density at radius 3 is 2.61 bits per heavy atom. The summed E-state index contributed by atoms with van der Waals surface area (Å²) in [4.78, 5) is 4.67. The first kappa shape index (κ1) is 13.4. The van der Waals surface area contributed by atoms with Crippen LogP contribution in [0.4, 0.5) is 5.69 Å². The van der Waals surface area contributed by atoms with Crippen LogP contribution in [0, 0.1) is 0 Å². The van der Waals surface area contributed by atoms with E-state index < -0.39 is 0 Å². The Balaban J connectivity index is 2.19. The molecule has 0 bridgehead atoms. The van der Waals surface area contributed by atoms with Gasteiger partial charge >= 0.3 is 0 Å². The van der Waals surface area contributed by atoms with Crippen molar-refractivity contribution in [3.63, 3.8) is 0 Å². The van der Waals surface area contributed by atoms with Gasteiger partial charge in [-0.3, -0.25) is 0 Å². The Bertz CT molecular complexity index is 555. The van der Waals surface area contributed by atoms with E-state index in [4.69, 9.17) is 17.3 Å². The minimum Gasteiger partial charge on any atom is -0.398 e. The number of nitrogens with two attached hydrogens (primary N) is 1. The fourth-order valence-corrected chi connectivity index (χ4v) is 2.79. The number of nitrogen functional groups attached to an aromatic ring is 1. The van der Waals surface area contributed by atoms with Crippen molar-refractivity contribution >= 4 is 28.6 Å². The van der Waals surface area contributed by atoms with Crippen molar-refractivity contribution < 1.29 is 0 Å². The van der Waals surface area contributed by atoms with Crippen molar-refractivity contribution in [2.75, 3.05) is 5.73 Å². The summed E-state index contributed by atoms with van der Waals surface area (Å²) in [5.74, 6) is 0. The molecule has 96 valence electrons. The maximum absolute atomic E-state index is 5.91. The summed E-state index contributed by atoms with van der Waals surface area (Å²) >= 11 is 7.61. The van der Waals surface area contributed by atoms with Crippen molar-refractivity contribution in [3.8, 4) is 0 Å². The van der Waals surface area contributed by atoms with Gasteiger partial charge in [0.15, 0.2) is 0 Å². The molecule has 2 rings (SSSR count). The molecule has 1 heterocycles. The number of aromatic nitrogens is 1. The van der Waals surface area contributed by atoms with Gasteiger partial charge in [0.2, 0.25) is 0 Å². The van der Waals surface area contributed by atoms with Crippen molar-refractivity contribution in [3.05, 3.63) is 44.9 Å². The van der Waals surface area contributed by atoms with E-state index in [0.29, 0.717) is 10.7 Å². The van der Waals surface area contributed by atoms with Crippen LogP contribution >= 0.6 is 22.9 Å². The van der Waals surface area contributed by atoms with E-state index in [2.05, 4.69) is 31.1 Å². The van der Waals surface area contributed by atoms with Gasteiger partial charge in [-0.25, -0.2) is 4.98 Å². The lowest BCUT2D eigenvalue weighted by atomic mass is 9.93. The first-order chi connectivity index (χ1) is 8.36. The van der Waals surface area contributed by atoms with E-state index in [1.54, 1.807) is 11.3 Å². The number of benzene rings is 1. The molecule has 0 saturated heterocycles. The summed E-state index contributed by atoms with van der Waals surface area (Å²) in [5.41, 5.74) is 8.82. The summed E-state index contributed by atoms with van der Waals surface area (Å²) in [6, 6.07) is 5.75. The van der Waals surface area contributed by atoms with Gasteiger partial charge in [-0.2, -0.15) is 0 Å². The Labute approximate surface area is 117 Å². The predicted octanol–water partition coefficient (Wildman–Crippen LogP) is 4.27. The zero-order valence-corrected chi connectivity index (χ0v) is 12.4. The monoisotopic (exact) mass is 280 g/mol. The molecule has 4 heteroatoms. The predicted molar refractivity (Wildman–Crippen MR) is 79.5 cm³/mol. The van der Waals surface area contributed by atoms with Crippen molar-refractivity contribution in [1.82, 2.24) is 4.98 Å². The zero-order chi connectivity index (χ0) is 13.3. The highest BCUT2D eigenvalue weighted by Gasteiger charge is 2.17. The van der Waals surface area contributed by atoms with Gasteiger partial charge in [0.05, 0.1) is 21.4 Å². The van der Waals surface area contributed by atoms with Gasteiger partial charge in [0.1, 0.15) is 0 Å². The van der Waals surface area contributed by atoms with Crippen LogP contribution in [-0.2, 0) is 11.8 Å². The topological polar surface area (TPSA) is 38.9 Å². The molecule has 0 aliphatic carbocycles. The maximum Gasteiger partial charge on any atom is 0.0972 e. The van der Waals surface area contributed by atoms with Crippen LogP contribution in [0.2, 0.25) is 5.02 Å². The van der Waals surface area contributed by atoms with Gasteiger partial charge in [-0.1, -0.05) is 38.4 Å². The summed E-state index contributed by atoms with van der Waals surface area (Å²) in [6.45, 7) is 6.52. The molecule has 0 spiro atoms. The number of thiazole rings is 1. The molecule has 2 aromatic rings. The number of halogens is 1. The number of nitrogens with zero attached hydrogens (tertiary/aromatic N) is 1. The first-order valence-corrected chi connectivity index (χ1v) is 7.11. The lowest BCUT2D eigenvalue weighted by Gasteiger charge is -2.14. The highest BCUT2D eigenvalue weighted by Crippen LogP contribution is 2.26. The maximum atomic E-state index is 5.91. The first-order valence-electron chi connectivity index (χ1n) is 5.85. The Hall–Kier alpha value is -1.06. The van der Waals surface area contributed by atoms with Gasteiger partial charge in [-0.05, 0) is 17.7 Å². The van der Waals surface area contributed by atoms with E-state index >= 15 is 0 Å². The molecule has 2 N–H and O–H groups in total. The Kier molecular flexibility index (Phi) is 3.64. The minimum absolute atomic E-state index is 0.105. The third-order valence-corrected chi connectivity index (χ3v) is 3.93. The van der Waals surface area contributed by atoms with Crippen LogP contribution in [0.25, 0.3) is 0 Å². The van der Waals surface area contributed by atoms with E-state index in [-0.39, 0.29) is 5.41 Å². The third kappa shape index (κ3) is 3.03. The van der Waals surface area contributed by atoms with Crippen LogP contribution in [0.3, 0.4) is 0 Å². The lowest BCUT2D eigenvalue weighted by molar-refractivity contribution is 0.571. The van der Waals surface area contributed by atoms with Gasteiger partial charge in [-0.15, -0.1) is 11.3 Å². The second-order valence-electron chi connectivity index (χ2n) is 5.41. The molecule has 0 aliphatic rings. The second-order valence-corrected chi connectivity index (χ2v) is 6.76. The molecule has 0 unspecified atom stereocenters. The summed E-state index contributed by atoms with van der Waals surface area (Å²) in [5, 5.41) is 3.85. The van der Waals surface area contributed by atoms with E-state index in [1.807, 2.05) is 18.2 Å². The van der Waals surface area contributed by atoms with Gasteiger partial charge in [0, 0.05) is 17.2 Å². The highest BCUT2D eigenvalue weighted by atomic mass is 35.5. The molecule has 1 aromatic carbocycles. The molecule has 0 aliphatic heterocycles. The van der Waals surface area contributed by atoms with Crippen LogP contribution in [-0.4, -0.2) is 4.98 Å². The standard InChI is InChI=1S/C14H17ClN2S/c1-14(2,3)12-8-18-13(17-12)7-9-4-5-10(15)11(16)6-9/h4-6,8H,7,16H2,1-3H3. The Morgan fingerprint density at radius 2 is 2.06 bits per heavy atom. The normalized spacial score (nSPS) is 11.8. The SMILES string of the molecule is CC(C)(C)c1csc(Cc2ccc(Cl)c(N)c2)n1. The molecular formula is C14H17ClN2S. The molecule has 0 fully saturated rings. The summed E-state index contributed by atoms with van der Waals surface area (Å²) in [6.07, 6.45) is 0.808. The number of hydrogen-bond acceptors (Lipinski definition) is 3. The average Bonchev–Trinajstić information content (AvgIpc) is 2.72. The van der Waals surface area contributed by atoms with Crippen LogP contribution < -0.4 is 5.73 Å². The molecule has 1 aromatic heterocycles.